The third kappa shape index (κ3) is 4.94. The summed E-state index contributed by atoms with van der Waals surface area (Å²) >= 11 is 1.35. The summed E-state index contributed by atoms with van der Waals surface area (Å²) in [5.41, 5.74) is 2.13. The number of benzene rings is 1. The number of nitriles is 1. The molecule has 0 unspecified atom stereocenters. The molecule has 1 aromatic carbocycles. The van der Waals surface area contributed by atoms with Crippen LogP contribution in [0.2, 0.25) is 0 Å². The highest BCUT2D eigenvalue weighted by atomic mass is 32.2. The Balaban J connectivity index is 2.30. The van der Waals surface area contributed by atoms with Gasteiger partial charge in [0.1, 0.15) is 11.6 Å². The van der Waals surface area contributed by atoms with E-state index in [4.69, 9.17) is 0 Å². The molecule has 132 valence electrons. The molecule has 2 rings (SSSR count). The third-order valence-electron chi connectivity index (χ3n) is 3.92. The monoisotopic (exact) mass is 356 g/mol. The van der Waals surface area contributed by atoms with Gasteiger partial charge in [-0.3, -0.25) is 9.69 Å². The molecule has 0 aliphatic rings. The summed E-state index contributed by atoms with van der Waals surface area (Å²) in [7, 11) is 0. The second kappa shape index (κ2) is 9.40. The highest BCUT2D eigenvalue weighted by Crippen LogP contribution is 2.22. The number of rotatable bonds is 8. The molecule has 1 N–H and O–H groups in total. The van der Waals surface area contributed by atoms with Crippen LogP contribution in [0.4, 0.5) is 0 Å². The first kappa shape index (κ1) is 19.2. The molecule has 0 amide bonds. The smallest absolute Gasteiger partial charge is 0.270 e. The quantitative estimate of drug-likeness (QED) is 0.577. The SMILES string of the molecule is CCCN(CCC)Cc1ccc(-c2nc(SC)[nH]c(=O)c2C#N)cc1. The summed E-state index contributed by atoms with van der Waals surface area (Å²) in [5.74, 6) is 0. The zero-order valence-electron chi connectivity index (χ0n) is 15.0. The van der Waals surface area contributed by atoms with Gasteiger partial charge in [-0.15, -0.1) is 0 Å². The van der Waals surface area contributed by atoms with Crippen molar-refractivity contribution >= 4 is 11.8 Å². The maximum absolute atomic E-state index is 12.0. The molecule has 0 radical (unpaired) electrons. The van der Waals surface area contributed by atoms with Gasteiger partial charge in [0, 0.05) is 12.1 Å². The lowest BCUT2D eigenvalue weighted by molar-refractivity contribution is 0.266. The highest BCUT2D eigenvalue weighted by Gasteiger charge is 2.13. The predicted octanol–water partition coefficient (Wildman–Crippen LogP) is 3.65. The van der Waals surface area contributed by atoms with E-state index in [1.165, 1.54) is 17.3 Å². The number of thioether (sulfide) groups is 1. The summed E-state index contributed by atoms with van der Waals surface area (Å²) in [6.07, 6.45) is 4.11. The third-order valence-corrected chi connectivity index (χ3v) is 4.50. The number of aromatic nitrogens is 2. The zero-order valence-corrected chi connectivity index (χ0v) is 15.8. The second-order valence-corrected chi connectivity index (χ2v) is 6.68. The number of nitrogens with one attached hydrogen (secondary N) is 1. The van der Waals surface area contributed by atoms with Crippen LogP contribution in [0.5, 0.6) is 0 Å². The van der Waals surface area contributed by atoms with Crippen LogP contribution in [0.15, 0.2) is 34.2 Å². The van der Waals surface area contributed by atoms with Crippen molar-refractivity contribution in [1.82, 2.24) is 14.9 Å². The summed E-state index contributed by atoms with van der Waals surface area (Å²) in [5, 5.41) is 9.81. The largest absolute Gasteiger partial charge is 0.300 e. The Kier molecular flexibility index (Phi) is 7.23. The Morgan fingerprint density at radius 2 is 1.84 bits per heavy atom. The molecule has 6 heteroatoms. The fraction of sp³-hybridized carbons (Fsp3) is 0.421. The molecule has 0 spiro atoms. The molecular weight excluding hydrogens is 332 g/mol. The normalized spacial score (nSPS) is 10.8. The van der Waals surface area contributed by atoms with Gasteiger partial charge in [-0.1, -0.05) is 49.9 Å². The molecule has 0 bridgehead atoms. The van der Waals surface area contributed by atoms with Crippen LogP contribution < -0.4 is 5.56 Å². The lowest BCUT2D eigenvalue weighted by Gasteiger charge is -2.21. The standard InChI is InChI=1S/C19H24N4OS/c1-4-10-23(11-5-2)13-14-6-8-15(9-7-14)17-16(12-20)18(24)22-19(21-17)25-3/h6-9H,4-5,10-11,13H2,1-3H3,(H,21,22,24). The highest BCUT2D eigenvalue weighted by molar-refractivity contribution is 7.98. The molecule has 2 aromatic rings. The molecule has 0 saturated carbocycles. The number of hydrogen-bond acceptors (Lipinski definition) is 5. The van der Waals surface area contributed by atoms with E-state index < -0.39 is 5.56 Å². The Morgan fingerprint density at radius 1 is 1.20 bits per heavy atom. The molecule has 0 aliphatic heterocycles. The first-order chi connectivity index (χ1) is 12.1. The van der Waals surface area contributed by atoms with Gasteiger partial charge in [0.05, 0.1) is 5.69 Å². The van der Waals surface area contributed by atoms with Gasteiger partial charge in [0.2, 0.25) is 0 Å². The molecule has 0 atom stereocenters. The molecule has 5 nitrogen and oxygen atoms in total. The maximum Gasteiger partial charge on any atom is 0.270 e. The van der Waals surface area contributed by atoms with Crippen molar-refractivity contribution in [3.63, 3.8) is 0 Å². The van der Waals surface area contributed by atoms with Gasteiger partial charge in [-0.25, -0.2) is 4.98 Å². The van der Waals surface area contributed by atoms with Gasteiger partial charge in [0.25, 0.3) is 5.56 Å². The summed E-state index contributed by atoms with van der Waals surface area (Å²) < 4.78 is 0. The van der Waals surface area contributed by atoms with Gasteiger partial charge < -0.3 is 4.98 Å². The second-order valence-electron chi connectivity index (χ2n) is 5.88. The Morgan fingerprint density at radius 3 is 2.36 bits per heavy atom. The van der Waals surface area contributed by atoms with E-state index in [0.717, 1.165) is 38.0 Å². The van der Waals surface area contributed by atoms with Crippen molar-refractivity contribution in [1.29, 1.82) is 5.26 Å². The van der Waals surface area contributed by atoms with Crippen LogP contribution in [-0.2, 0) is 6.54 Å². The first-order valence-electron chi connectivity index (χ1n) is 8.53. The molecule has 1 heterocycles. The minimum Gasteiger partial charge on any atom is -0.300 e. The Labute approximate surface area is 153 Å². The van der Waals surface area contributed by atoms with Crippen LogP contribution in [0.25, 0.3) is 11.3 Å². The minimum absolute atomic E-state index is 0.0594. The van der Waals surface area contributed by atoms with Crippen molar-refractivity contribution in [3.05, 3.63) is 45.7 Å². The summed E-state index contributed by atoms with van der Waals surface area (Å²) in [4.78, 5) is 21.5. The lowest BCUT2D eigenvalue weighted by Crippen LogP contribution is -2.24. The minimum atomic E-state index is -0.391. The van der Waals surface area contributed by atoms with E-state index in [9.17, 15) is 10.1 Å². The predicted molar refractivity (Wildman–Crippen MR) is 103 cm³/mol. The van der Waals surface area contributed by atoms with Crippen molar-refractivity contribution in [2.45, 2.75) is 38.4 Å². The Hall–Kier alpha value is -2.10. The average Bonchev–Trinajstić information content (AvgIpc) is 2.62. The van der Waals surface area contributed by atoms with E-state index in [2.05, 4.69) is 40.8 Å². The van der Waals surface area contributed by atoms with Crippen molar-refractivity contribution in [2.75, 3.05) is 19.3 Å². The maximum atomic E-state index is 12.0. The van der Waals surface area contributed by atoms with Gasteiger partial charge in [-0.05, 0) is 37.8 Å². The number of nitrogens with zero attached hydrogens (tertiary/aromatic N) is 3. The van der Waals surface area contributed by atoms with E-state index >= 15 is 0 Å². The van der Waals surface area contributed by atoms with E-state index in [1.54, 1.807) is 0 Å². The fourth-order valence-corrected chi connectivity index (χ4v) is 3.17. The van der Waals surface area contributed by atoms with Crippen LogP contribution in [0.1, 0.15) is 37.8 Å². The van der Waals surface area contributed by atoms with Gasteiger partial charge in [-0.2, -0.15) is 5.26 Å². The molecule has 0 fully saturated rings. The Bertz CT molecular complexity index is 787. The van der Waals surface area contributed by atoms with Crippen LogP contribution in [0.3, 0.4) is 0 Å². The number of H-pyrrole nitrogens is 1. The first-order valence-corrected chi connectivity index (χ1v) is 9.75. The van der Waals surface area contributed by atoms with Crippen LogP contribution >= 0.6 is 11.8 Å². The van der Waals surface area contributed by atoms with Crippen LogP contribution in [-0.4, -0.2) is 34.2 Å². The topological polar surface area (TPSA) is 72.8 Å². The van der Waals surface area contributed by atoms with Crippen molar-refractivity contribution < 1.29 is 0 Å². The summed E-state index contributed by atoms with van der Waals surface area (Å²) in [6, 6.07) is 9.96. The van der Waals surface area contributed by atoms with Crippen molar-refractivity contribution in [2.24, 2.45) is 0 Å². The summed E-state index contributed by atoms with van der Waals surface area (Å²) in [6.45, 7) is 7.46. The van der Waals surface area contributed by atoms with E-state index in [-0.39, 0.29) is 5.56 Å². The van der Waals surface area contributed by atoms with E-state index in [0.29, 0.717) is 10.9 Å². The fourth-order valence-electron chi connectivity index (χ4n) is 2.79. The average molecular weight is 356 g/mol. The number of aromatic amines is 1. The number of hydrogen-bond donors (Lipinski definition) is 1. The molecule has 25 heavy (non-hydrogen) atoms. The van der Waals surface area contributed by atoms with Crippen molar-refractivity contribution in [3.8, 4) is 17.3 Å². The molecule has 0 aliphatic carbocycles. The van der Waals surface area contributed by atoms with Gasteiger partial charge >= 0.3 is 0 Å². The zero-order chi connectivity index (χ0) is 18.2. The van der Waals surface area contributed by atoms with Crippen LogP contribution in [0, 0.1) is 11.3 Å². The molecule has 1 aromatic heterocycles. The molecule has 0 saturated heterocycles. The van der Waals surface area contributed by atoms with Gasteiger partial charge in [0.15, 0.2) is 5.16 Å². The van der Waals surface area contributed by atoms with E-state index in [1.807, 2.05) is 24.5 Å². The molecular formula is C19H24N4OS. The lowest BCUT2D eigenvalue weighted by atomic mass is 10.1.